The van der Waals surface area contributed by atoms with Gasteiger partial charge in [-0.3, -0.25) is 9.59 Å². The molecule has 2 fully saturated rings. The van der Waals surface area contributed by atoms with Gasteiger partial charge in [-0.25, -0.2) is 4.98 Å². The molecular weight excluding hydrogens is 362 g/mol. The summed E-state index contributed by atoms with van der Waals surface area (Å²) in [6.07, 6.45) is 3.67. The number of aromatic nitrogens is 1. The van der Waals surface area contributed by atoms with Crippen molar-refractivity contribution in [2.24, 2.45) is 0 Å². The molecule has 6 nitrogen and oxygen atoms in total. The summed E-state index contributed by atoms with van der Waals surface area (Å²) in [6, 6.07) is 7.63. The Morgan fingerprint density at radius 3 is 2.74 bits per heavy atom. The van der Waals surface area contributed by atoms with Crippen LogP contribution in [-0.4, -0.2) is 46.9 Å². The number of ether oxygens (including phenoxy) is 1. The summed E-state index contributed by atoms with van der Waals surface area (Å²) in [7, 11) is 0. The minimum Gasteiger partial charge on any atom is -0.494 e. The normalized spacial score (nSPS) is 19.1. The number of thiazole rings is 1. The molecule has 0 spiro atoms. The second-order valence-electron chi connectivity index (χ2n) is 6.93. The Morgan fingerprint density at radius 2 is 2.04 bits per heavy atom. The van der Waals surface area contributed by atoms with E-state index in [2.05, 4.69) is 10.3 Å². The third-order valence-electron chi connectivity index (χ3n) is 4.88. The number of carbonyl (C=O) groups is 2. The van der Waals surface area contributed by atoms with E-state index in [4.69, 9.17) is 4.74 Å². The third-order valence-corrected chi connectivity index (χ3v) is 5.77. The van der Waals surface area contributed by atoms with E-state index in [1.54, 1.807) is 10.3 Å². The molecule has 1 aliphatic heterocycles. The second kappa shape index (κ2) is 7.68. The monoisotopic (exact) mass is 385 g/mol. The van der Waals surface area contributed by atoms with Crippen LogP contribution in [0.5, 0.6) is 5.75 Å². The number of nitrogens with zero attached hydrogens (tertiary/aromatic N) is 2. The first-order valence-corrected chi connectivity index (χ1v) is 10.3. The van der Waals surface area contributed by atoms with Crippen molar-refractivity contribution in [1.82, 2.24) is 15.2 Å². The lowest BCUT2D eigenvalue weighted by Gasteiger charge is -2.23. The number of hydrogen-bond acceptors (Lipinski definition) is 5. The van der Waals surface area contributed by atoms with Crippen LogP contribution in [0.2, 0.25) is 0 Å². The first-order valence-electron chi connectivity index (χ1n) is 9.46. The van der Waals surface area contributed by atoms with Crippen molar-refractivity contribution < 1.29 is 14.3 Å². The lowest BCUT2D eigenvalue weighted by Crippen LogP contribution is -2.46. The number of carbonyl (C=O) groups excluding carboxylic acids is 2. The summed E-state index contributed by atoms with van der Waals surface area (Å²) in [6.45, 7) is 3.18. The summed E-state index contributed by atoms with van der Waals surface area (Å²) >= 11 is 1.44. The first kappa shape index (κ1) is 18.0. The van der Waals surface area contributed by atoms with Crippen LogP contribution in [0.3, 0.4) is 0 Å². The molecule has 1 aliphatic carbocycles. The van der Waals surface area contributed by atoms with Crippen molar-refractivity contribution in [2.45, 2.75) is 44.7 Å². The van der Waals surface area contributed by atoms with Gasteiger partial charge in [0.25, 0.3) is 5.91 Å². The number of hydrogen-bond donors (Lipinski definition) is 1. The number of likely N-dealkylation sites (tertiary alicyclic amines) is 1. The van der Waals surface area contributed by atoms with Gasteiger partial charge in [-0.15, -0.1) is 11.3 Å². The van der Waals surface area contributed by atoms with Crippen LogP contribution in [0, 0.1) is 0 Å². The zero-order valence-corrected chi connectivity index (χ0v) is 16.1. The maximum Gasteiger partial charge on any atom is 0.274 e. The highest BCUT2D eigenvalue weighted by atomic mass is 32.1. The van der Waals surface area contributed by atoms with E-state index in [1.165, 1.54) is 11.3 Å². The molecule has 1 saturated carbocycles. The Bertz CT molecular complexity index is 829. The van der Waals surface area contributed by atoms with Gasteiger partial charge in [-0.1, -0.05) is 0 Å². The predicted molar refractivity (Wildman–Crippen MR) is 104 cm³/mol. The Hall–Kier alpha value is -2.41. The average Bonchev–Trinajstić information content (AvgIpc) is 3.16. The summed E-state index contributed by atoms with van der Waals surface area (Å²) in [5.74, 6) is 0.637. The highest BCUT2D eigenvalue weighted by Crippen LogP contribution is 2.28. The van der Waals surface area contributed by atoms with Crippen molar-refractivity contribution in [1.29, 1.82) is 0 Å². The van der Waals surface area contributed by atoms with E-state index in [0.29, 0.717) is 24.9 Å². The number of benzene rings is 1. The molecule has 142 valence electrons. The predicted octanol–water partition coefficient (Wildman–Crippen LogP) is 3.09. The second-order valence-corrected chi connectivity index (χ2v) is 7.79. The molecule has 2 amide bonds. The lowest BCUT2D eigenvalue weighted by atomic mass is 10.2. The van der Waals surface area contributed by atoms with Gasteiger partial charge in [-0.05, 0) is 56.9 Å². The number of rotatable bonds is 6. The SMILES string of the molecule is CCOc1ccc(-c2nc(C(=O)N3CCCC3C(=O)NC3CC3)cs2)cc1. The summed E-state index contributed by atoms with van der Waals surface area (Å²) in [5.41, 5.74) is 1.36. The fourth-order valence-corrected chi connectivity index (χ4v) is 4.12. The Kier molecular flexibility index (Phi) is 5.11. The van der Waals surface area contributed by atoms with E-state index < -0.39 is 0 Å². The fourth-order valence-electron chi connectivity index (χ4n) is 3.32. The molecule has 1 aromatic carbocycles. The van der Waals surface area contributed by atoms with Crippen LogP contribution >= 0.6 is 11.3 Å². The highest BCUT2D eigenvalue weighted by Gasteiger charge is 2.37. The van der Waals surface area contributed by atoms with E-state index in [0.717, 1.165) is 42.0 Å². The van der Waals surface area contributed by atoms with Gasteiger partial charge in [0.1, 0.15) is 22.5 Å². The molecule has 7 heteroatoms. The van der Waals surface area contributed by atoms with Crippen molar-refractivity contribution >= 4 is 23.2 Å². The van der Waals surface area contributed by atoms with Gasteiger partial charge in [0, 0.05) is 23.5 Å². The third kappa shape index (κ3) is 3.98. The summed E-state index contributed by atoms with van der Waals surface area (Å²) in [5, 5.41) is 5.59. The summed E-state index contributed by atoms with van der Waals surface area (Å²) < 4.78 is 5.46. The van der Waals surface area contributed by atoms with Crippen molar-refractivity contribution in [2.75, 3.05) is 13.2 Å². The zero-order chi connectivity index (χ0) is 18.8. The Balaban J connectivity index is 1.46. The molecule has 4 rings (SSSR count). The molecular formula is C20H23N3O3S. The topological polar surface area (TPSA) is 71.5 Å². The Morgan fingerprint density at radius 1 is 1.26 bits per heavy atom. The van der Waals surface area contributed by atoms with Crippen LogP contribution in [0.15, 0.2) is 29.6 Å². The van der Waals surface area contributed by atoms with Gasteiger partial charge in [0.15, 0.2) is 0 Å². The molecule has 27 heavy (non-hydrogen) atoms. The average molecular weight is 385 g/mol. The van der Waals surface area contributed by atoms with E-state index in [9.17, 15) is 9.59 Å². The van der Waals surface area contributed by atoms with E-state index >= 15 is 0 Å². The molecule has 1 aromatic heterocycles. The molecule has 0 bridgehead atoms. The summed E-state index contributed by atoms with van der Waals surface area (Å²) in [4.78, 5) is 31.5. The molecule has 1 atom stereocenters. The van der Waals surface area contributed by atoms with Crippen LogP contribution in [0.4, 0.5) is 0 Å². The van der Waals surface area contributed by atoms with Crippen LogP contribution in [0.1, 0.15) is 43.1 Å². The molecule has 1 N–H and O–H groups in total. The maximum absolute atomic E-state index is 12.9. The lowest BCUT2D eigenvalue weighted by molar-refractivity contribution is -0.125. The van der Waals surface area contributed by atoms with Gasteiger partial charge in [-0.2, -0.15) is 0 Å². The zero-order valence-electron chi connectivity index (χ0n) is 15.3. The van der Waals surface area contributed by atoms with Crippen LogP contribution < -0.4 is 10.1 Å². The maximum atomic E-state index is 12.9. The van der Waals surface area contributed by atoms with Crippen molar-refractivity contribution in [3.63, 3.8) is 0 Å². The molecule has 2 heterocycles. The molecule has 2 aliphatic rings. The smallest absolute Gasteiger partial charge is 0.274 e. The first-order chi connectivity index (χ1) is 13.2. The van der Waals surface area contributed by atoms with Crippen molar-refractivity contribution in [3.8, 4) is 16.3 Å². The number of nitrogens with one attached hydrogen (secondary N) is 1. The highest BCUT2D eigenvalue weighted by molar-refractivity contribution is 7.13. The Labute approximate surface area is 162 Å². The van der Waals surface area contributed by atoms with Crippen LogP contribution in [-0.2, 0) is 4.79 Å². The van der Waals surface area contributed by atoms with E-state index in [1.807, 2.05) is 31.2 Å². The van der Waals surface area contributed by atoms with Gasteiger partial charge >= 0.3 is 0 Å². The fraction of sp³-hybridized carbons (Fsp3) is 0.450. The molecule has 1 saturated heterocycles. The standard InChI is InChI=1S/C20H23N3O3S/c1-2-26-15-9-5-13(6-10-15)19-22-16(12-27-19)20(25)23-11-3-4-17(23)18(24)21-14-7-8-14/h5-6,9-10,12,14,17H,2-4,7-8,11H2,1H3,(H,21,24). The molecule has 2 aromatic rings. The van der Waals surface area contributed by atoms with Gasteiger partial charge in [0.2, 0.25) is 5.91 Å². The quantitative estimate of drug-likeness (QED) is 0.829. The van der Waals surface area contributed by atoms with Crippen molar-refractivity contribution in [3.05, 3.63) is 35.3 Å². The number of amides is 2. The van der Waals surface area contributed by atoms with Gasteiger partial charge in [0.05, 0.1) is 6.61 Å². The molecule has 0 radical (unpaired) electrons. The minimum atomic E-state index is -0.367. The minimum absolute atomic E-state index is 0.0229. The molecule has 1 unspecified atom stereocenters. The van der Waals surface area contributed by atoms with E-state index in [-0.39, 0.29) is 17.9 Å². The largest absolute Gasteiger partial charge is 0.494 e. The van der Waals surface area contributed by atoms with Crippen LogP contribution in [0.25, 0.3) is 10.6 Å². The van der Waals surface area contributed by atoms with Gasteiger partial charge < -0.3 is 15.0 Å².